The lowest BCUT2D eigenvalue weighted by molar-refractivity contribution is 0.0695. The fraction of sp³-hybridized carbons (Fsp3) is 0. The predicted octanol–water partition coefficient (Wildman–Crippen LogP) is 3.05. The van der Waals surface area contributed by atoms with Gasteiger partial charge in [0.25, 0.3) is 0 Å². The number of benzene rings is 1. The third-order valence-electron chi connectivity index (χ3n) is 1.24. The van der Waals surface area contributed by atoms with Crippen LogP contribution in [-0.4, -0.2) is 11.1 Å². The van der Waals surface area contributed by atoms with Crippen molar-refractivity contribution in [3.05, 3.63) is 32.5 Å². The van der Waals surface area contributed by atoms with Gasteiger partial charge in [-0.1, -0.05) is 0 Å². The molecule has 0 amide bonds. The number of hydrogen-bond acceptors (Lipinski definition) is 1. The number of aromatic carboxylic acids is 1. The van der Waals surface area contributed by atoms with Crippen molar-refractivity contribution in [2.24, 2.45) is 0 Å². The number of carboxylic acids is 1. The minimum atomic E-state index is -1.16. The second kappa shape index (κ2) is 3.53. The van der Waals surface area contributed by atoms with Crippen LogP contribution in [0.5, 0.6) is 0 Å². The zero-order valence-corrected chi connectivity index (χ0v) is 8.82. The molecule has 1 N–H and O–H groups in total. The molecule has 0 aliphatic rings. The molecule has 0 saturated heterocycles. The van der Waals surface area contributed by atoms with Gasteiger partial charge in [-0.3, -0.25) is 0 Å². The van der Waals surface area contributed by atoms with E-state index in [4.69, 9.17) is 5.11 Å². The van der Waals surface area contributed by atoms with E-state index >= 15 is 0 Å². The summed E-state index contributed by atoms with van der Waals surface area (Å²) in [5.74, 6) is -1.75. The normalized spacial score (nSPS) is 9.92. The van der Waals surface area contributed by atoms with E-state index in [0.717, 1.165) is 6.07 Å². The fourth-order valence-electron chi connectivity index (χ4n) is 0.686. The monoisotopic (exact) mass is 296 g/mol. The molecule has 0 saturated carbocycles. The molecular weight excluding hydrogens is 295 g/mol. The van der Waals surface area contributed by atoms with Crippen molar-refractivity contribution in [2.75, 3.05) is 0 Å². The minimum absolute atomic E-state index is 0.0873. The highest BCUT2D eigenvalue weighted by molar-refractivity contribution is 9.11. The average molecular weight is 298 g/mol. The number of carbonyl (C=O) groups is 1. The molecule has 64 valence electrons. The van der Waals surface area contributed by atoms with Crippen LogP contribution in [-0.2, 0) is 0 Å². The summed E-state index contributed by atoms with van der Waals surface area (Å²) in [5.41, 5.74) is -0.0873. The maximum absolute atomic E-state index is 12.8. The van der Waals surface area contributed by atoms with Crippen LogP contribution < -0.4 is 0 Å². The van der Waals surface area contributed by atoms with E-state index in [1.807, 2.05) is 0 Å². The van der Waals surface area contributed by atoms with Crippen LogP contribution in [0.3, 0.4) is 0 Å². The Morgan fingerprint density at radius 3 is 2.42 bits per heavy atom. The van der Waals surface area contributed by atoms with Crippen LogP contribution in [0.1, 0.15) is 10.4 Å². The van der Waals surface area contributed by atoms with Crippen molar-refractivity contribution in [3.8, 4) is 0 Å². The number of carboxylic acid groups (broad SMARTS) is 1. The number of halogens is 3. The second-order valence-corrected chi connectivity index (χ2v) is 3.76. The lowest BCUT2D eigenvalue weighted by Crippen LogP contribution is -1.98. The minimum Gasteiger partial charge on any atom is -0.478 e. The molecule has 1 aromatic carbocycles. The largest absolute Gasteiger partial charge is 0.478 e. The van der Waals surface area contributed by atoms with E-state index in [-0.39, 0.29) is 10.0 Å². The molecule has 2 nitrogen and oxygen atoms in total. The van der Waals surface area contributed by atoms with Crippen LogP contribution in [0.2, 0.25) is 0 Å². The van der Waals surface area contributed by atoms with Gasteiger partial charge in [0, 0.05) is 4.47 Å². The van der Waals surface area contributed by atoms with E-state index in [0.29, 0.717) is 4.47 Å². The van der Waals surface area contributed by atoms with E-state index in [9.17, 15) is 9.18 Å². The van der Waals surface area contributed by atoms with Crippen LogP contribution in [0.25, 0.3) is 0 Å². The Bertz CT molecular complexity index is 338. The summed E-state index contributed by atoms with van der Waals surface area (Å²) in [6.07, 6.45) is 0. The summed E-state index contributed by atoms with van der Waals surface area (Å²) in [5, 5.41) is 8.57. The molecule has 0 spiro atoms. The molecule has 0 aliphatic carbocycles. The molecule has 0 heterocycles. The van der Waals surface area contributed by atoms with E-state index in [1.165, 1.54) is 6.07 Å². The lowest BCUT2D eigenvalue weighted by Gasteiger charge is -2.00. The summed E-state index contributed by atoms with van der Waals surface area (Å²) in [6.45, 7) is 0. The van der Waals surface area contributed by atoms with Gasteiger partial charge in [-0.15, -0.1) is 0 Å². The molecular formula is C7H3Br2FO2. The molecule has 12 heavy (non-hydrogen) atoms. The van der Waals surface area contributed by atoms with E-state index in [2.05, 4.69) is 31.9 Å². The molecule has 0 aromatic heterocycles. The summed E-state index contributed by atoms with van der Waals surface area (Å²) in [7, 11) is 0. The molecule has 1 rings (SSSR count). The maximum Gasteiger partial charge on any atom is 0.336 e. The number of hydrogen-bond donors (Lipinski definition) is 1. The highest BCUT2D eigenvalue weighted by Crippen LogP contribution is 2.24. The molecule has 0 radical (unpaired) electrons. The Hall–Kier alpha value is -0.420. The van der Waals surface area contributed by atoms with Gasteiger partial charge in [0.15, 0.2) is 0 Å². The Kier molecular flexibility index (Phi) is 2.85. The van der Waals surface area contributed by atoms with Crippen molar-refractivity contribution < 1.29 is 14.3 Å². The van der Waals surface area contributed by atoms with Gasteiger partial charge in [0.2, 0.25) is 0 Å². The fourth-order valence-corrected chi connectivity index (χ4v) is 1.85. The van der Waals surface area contributed by atoms with Crippen molar-refractivity contribution in [1.29, 1.82) is 0 Å². The molecule has 0 fully saturated rings. The van der Waals surface area contributed by atoms with E-state index in [1.54, 1.807) is 0 Å². The quantitative estimate of drug-likeness (QED) is 0.809. The summed E-state index contributed by atoms with van der Waals surface area (Å²) < 4.78 is 13.4. The first kappa shape index (κ1) is 9.67. The first-order valence-corrected chi connectivity index (χ1v) is 4.49. The Labute approximate surface area is 84.7 Å². The van der Waals surface area contributed by atoms with Crippen LogP contribution in [0, 0.1) is 5.82 Å². The predicted molar refractivity (Wildman–Crippen MR) is 48.8 cm³/mol. The van der Waals surface area contributed by atoms with Gasteiger partial charge in [-0.2, -0.15) is 0 Å². The van der Waals surface area contributed by atoms with Crippen LogP contribution in [0.15, 0.2) is 21.1 Å². The molecule has 0 aliphatic heterocycles. The third-order valence-corrected chi connectivity index (χ3v) is 2.50. The van der Waals surface area contributed by atoms with Gasteiger partial charge >= 0.3 is 5.97 Å². The SMILES string of the molecule is O=C(O)c1cc(F)c(Br)cc1Br. The van der Waals surface area contributed by atoms with Crippen molar-refractivity contribution in [2.45, 2.75) is 0 Å². The van der Waals surface area contributed by atoms with Gasteiger partial charge in [-0.25, -0.2) is 9.18 Å². The molecule has 0 bridgehead atoms. The zero-order chi connectivity index (χ0) is 9.30. The van der Waals surface area contributed by atoms with Gasteiger partial charge in [-0.05, 0) is 44.0 Å². The van der Waals surface area contributed by atoms with Crippen LogP contribution >= 0.6 is 31.9 Å². The summed E-state index contributed by atoms with van der Waals surface area (Å²) in [6, 6.07) is 2.31. The molecule has 5 heteroatoms. The first-order valence-electron chi connectivity index (χ1n) is 2.90. The summed E-state index contributed by atoms with van der Waals surface area (Å²) in [4.78, 5) is 10.5. The first-order chi connectivity index (χ1) is 5.52. The lowest BCUT2D eigenvalue weighted by atomic mass is 10.2. The Balaban J connectivity index is 3.33. The van der Waals surface area contributed by atoms with Crippen molar-refractivity contribution >= 4 is 37.8 Å². The topological polar surface area (TPSA) is 37.3 Å². The van der Waals surface area contributed by atoms with Crippen molar-refractivity contribution in [3.63, 3.8) is 0 Å². The molecule has 1 aromatic rings. The highest BCUT2D eigenvalue weighted by Gasteiger charge is 2.11. The van der Waals surface area contributed by atoms with Gasteiger partial charge in [0.05, 0.1) is 10.0 Å². The Morgan fingerprint density at radius 2 is 1.92 bits per heavy atom. The third kappa shape index (κ3) is 1.84. The molecule has 0 unspecified atom stereocenters. The van der Waals surface area contributed by atoms with Crippen molar-refractivity contribution in [1.82, 2.24) is 0 Å². The van der Waals surface area contributed by atoms with Gasteiger partial charge < -0.3 is 5.11 Å². The van der Waals surface area contributed by atoms with E-state index < -0.39 is 11.8 Å². The standard InChI is InChI=1S/C7H3Br2FO2/c8-4-2-5(9)6(10)1-3(4)7(11)12/h1-2H,(H,11,12). The Morgan fingerprint density at radius 1 is 1.33 bits per heavy atom. The molecule has 0 atom stereocenters. The highest BCUT2D eigenvalue weighted by atomic mass is 79.9. The van der Waals surface area contributed by atoms with Crippen LogP contribution in [0.4, 0.5) is 4.39 Å². The maximum atomic E-state index is 12.8. The average Bonchev–Trinajstić information content (AvgIpc) is 1.96. The second-order valence-electron chi connectivity index (χ2n) is 2.05. The number of rotatable bonds is 1. The zero-order valence-electron chi connectivity index (χ0n) is 5.64. The summed E-state index contributed by atoms with van der Waals surface area (Å²) >= 11 is 5.94. The van der Waals surface area contributed by atoms with Gasteiger partial charge in [0.1, 0.15) is 5.82 Å². The smallest absolute Gasteiger partial charge is 0.336 e.